The number of fused-ring (bicyclic) bond motifs is 1. The summed E-state index contributed by atoms with van der Waals surface area (Å²) < 4.78 is 1.77. The van der Waals surface area contributed by atoms with Gasteiger partial charge >= 0.3 is 0 Å². The first-order chi connectivity index (χ1) is 12.2. The zero-order valence-corrected chi connectivity index (χ0v) is 14.9. The monoisotopic (exact) mass is 350 g/mol. The average Bonchev–Trinajstić information content (AvgIpc) is 3.26. The number of hydrogen-bond acceptors (Lipinski definition) is 6. The van der Waals surface area contributed by atoms with Crippen molar-refractivity contribution in [3.63, 3.8) is 0 Å². The smallest absolute Gasteiger partial charge is 0.165 e. The van der Waals surface area contributed by atoms with Gasteiger partial charge in [-0.15, -0.1) is 0 Å². The van der Waals surface area contributed by atoms with Crippen LogP contribution in [0.5, 0.6) is 0 Å². The first-order valence-electron chi connectivity index (χ1n) is 8.08. The Hall–Kier alpha value is -2.80. The standard InChI is InChI=1S/C18H18N6S/c1-12(8-13-5-7-25-11-13)21-17-15-10-20-24(2)18(15)23-16(22-17)14-4-3-6-19-9-14/h3-7,9-12H,8H2,1-2H3,(H,21,22,23)/t12-/m1/s1. The van der Waals surface area contributed by atoms with Crippen LogP contribution in [0.4, 0.5) is 5.82 Å². The zero-order valence-electron chi connectivity index (χ0n) is 14.0. The van der Waals surface area contributed by atoms with E-state index in [1.807, 2.05) is 25.4 Å². The lowest BCUT2D eigenvalue weighted by Gasteiger charge is -2.15. The number of thiophene rings is 1. The summed E-state index contributed by atoms with van der Waals surface area (Å²) in [5.41, 5.74) is 3.02. The number of aromatic nitrogens is 5. The van der Waals surface area contributed by atoms with Crippen LogP contribution in [0.25, 0.3) is 22.4 Å². The van der Waals surface area contributed by atoms with E-state index in [0.29, 0.717) is 5.82 Å². The molecule has 0 radical (unpaired) electrons. The molecular weight excluding hydrogens is 332 g/mol. The Labute approximate surface area is 149 Å². The van der Waals surface area contributed by atoms with Crippen LogP contribution in [0.15, 0.2) is 47.5 Å². The second-order valence-corrected chi connectivity index (χ2v) is 6.80. The molecule has 0 unspecified atom stereocenters. The van der Waals surface area contributed by atoms with Gasteiger partial charge in [-0.1, -0.05) is 0 Å². The summed E-state index contributed by atoms with van der Waals surface area (Å²) in [5.74, 6) is 1.45. The summed E-state index contributed by atoms with van der Waals surface area (Å²) in [5, 5.41) is 13.1. The van der Waals surface area contributed by atoms with Gasteiger partial charge in [0.1, 0.15) is 5.82 Å². The molecule has 0 aliphatic heterocycles. The highest BCUT2D eigenvalue weighted by Crippen LogP contribution is 2.25. The van der Waals surface area contributed by atoms with Gasteiger partial charge in [0, 0.05) is 31.0 Å². The molecule has 25 heavy (non-hydrogen) atoms. The minimum atomic E-state index is 0.245. The first-order valence-corrected chi connectivity index (χ1v) is 9.03. The molecule has 7 heteroatoms. The fourth-order valence-electron chi connectivity index (χ4n) is 2.80. The molecule has 0 aliphatic carbocycles. The highest BCUT2D eigenvalue weighted by Gasteiger charge is 2.15. The van der Waals surface area contributed by atoms with Crippen molar-refractivity contribution in [3.05, 3.63) is 53.1 Å². The number of rotatable bonds is 5. The van der Waals surface area contributed by atoms with Gasteiger partial charge < -0.3 is 5.32 Å². The van der Waals surface area contributed by atoms with Crippen LogP contribution in [-0.2, 0) is 13.5 Å². The lowest BCUT2D eigenvalue weighted by atomic mass is 10.1. The van der Waals surface area contributed by atoms with E-state index in [1.54, 1.807) is 28.4 Å². The third-order valence-corrected chi connectivity index (χ3v) is 4.75. The maximum Gasteiger partial charge on any atom is 0.165 e. The lowest BCUT2D eigenvalue weighted by Crippen LogP contribution is -2.19. The summed E-state index contributed by atoms with van der Waals surface area (Å²) in [7, 11) is 1.89. The Kier molecular flexibility index (Phi) is 4.15. The van der Waals surface area contributed by atoms with Gasteiger partial charge in [-0.2, -0.15) is 16.4 Å². The van der Waals surface area contributed by atoms with E-state index in [1.165, 1.54) is 5.56 Å². The zero-order chi connectivity index (χ0) is 17.2. The van der Waals surface area contributed by atoms with Crippen molar-refractivity contribution in [2.45, 2.75) is 19.4 Å². The topological polar surface area (TPSA) is 68.5 Å². The predicted molar refractivity (Wildman–Crippen MR) is 101 cm³/mol. The van der Waals surface area contributed by atoms with E-state index in [-0.39, 0.29) is 6.04 Å². The van der Waals surface area contributed by atoms with Crippen LogP contribution < -0.4 is 5.32 Å². The lowest BCUT2D eigenvalue weighted by molar-refractivity contribution is 0.782. The van der Waals surface area contributed by atoms with Crippen molar-refractivity contribution in [1.82, 2.24) is 24.7 Å². The molecule has 0 bridgehead atoms. The van der Waals surface area contributed by atoms with Crippen molar-refractivity contribution in [1.29, 1.82) is 0 Å². The summed E-state index contributed by atoms with van der Waals surface area (Å²) in [6.07, 6.45) is 6.27. The van der Waals surface area contributed by atoms with E-state index in [4.69, 9.17) is 4.98 Å². The fourth-order valence-corrected chi connectivity index (χ4v) is 3.48. The van der Waals surface area contributed by atoms with Gasteiger partial charge in [-0.3, -0.25) is 9.67 Å². The molecule has 4 heterocycles. The number of aryl methyl sites for hydroxylation is 1. The SMILES string of the molecule is C[C@H](Cc1ccsc1)Nc1nc(-c2cccnc2)nc2c1cnn2C. The Bertz CT molecular complexity index is 978. The highest BCUT2D eigenvalue weighted by atomic mass is 32.1. The van der Waals surface area contributed by atoms with Crippen LogP contribution in [0.3, 0.4) is 0 Å². The van der Waals surface area contributed by atoms with Gasteiger partial charge in [0.2, 0.25) is 0 Å². The number of nitrogens with one attached hydrogen (secondary N) is 1. The van der Waals surface area contributed by atoms with Gasteiger partial charge in [0.15, 0.2) is 11.5 Å². The van der Waals surface area contributed by atoms with Crippen LogP contribution >= 0.6 is 11.3 Å². The molecule has 0 saturated heterocycles. The molecule has 6 nitrogen and oxygen atoms in total. The molecule has 4 aromatic rings. The van der Waals surface area contributed by atoms with E-state index in [2.05, 4.69) is 44.1 Å². The molecule has 0 aromatic carbocycles. The highest BCUT2D eigenvalue weighted by molar-refractivity contribution is 7.07. The second-order valence-electron chi connectivity index (χ2n) is 6.02. The third-order valence-electron chi connectivity index (χ3n) is 4.02. The molecule has 4 aromatic heterocycles. The van der Waals surface area contributed by atoms with Crippen molar-refractivity contribution in [3.8, 4) is 11.4 Å². The molecule has 1 N–H and O–H groups in total. The molecular formula is C18H18N6S. The van der Waals surface area contributed by atoms with E-state index < -0.39 is 0 Å². The Morgan fingerprint density at radius 1 is 1.24 bits per heavy atom. The van der Waals surface area contributed by atoms with Crippen LogP contribution in [-0.4, -0.2) is 30.8 Å². The van der Waals surface area contributed by atoms with Crippen molar-refractivity contribution in [2.75, 3.05) is 5.32 Å². The molecule has 0 amide bonds. The summed E-state index contributed by atoms with van der Waals surface area (Å²) >= 11 is 1.72. The maximum atomic E-state index is 4.74. The quantitative estimate of drug-likeness (QED) is 0.596. The van der Waals surface area contributed by atoms with Gasteiger partial charge in [-0.25, -0.2) is 9.97 Å². The summed E-state index contributed by atoms with van der Waals surface area (Å²) in [6, 6.07) is 6.25. The van der Waals surface area contributed by atoms with Crippen molar-refractivity contribution >= 4 is 28.2 Å². The van der Waals surface area contributed by atoms with Crippen LogP contribution in [0, 0.1) is 0 Å². The largest absolute Gasteiger partial charge is 0.367 e. The minimum Gasteiger partial charge on any atom is -0.367 e. The first kappa shape index (κ1) is 15.7. The third kappa shape index (κ3) is 3.23. The molecule has 126 valence electrons. The Morgan fingerprint density at radius 2 is 2.16 bits per heavy atom. The van der Waals surface area contributed by atoms with E-state index in [0.717, 1.165) is 28.8 Å². The molecule has 0 spiro atoms. The van der Waals surface area contributed by atoms with Crippen molar-refractivity contribution < 1.29 is 0 Å². The second kappa shape index (κ2) is 6.60. The van der Waals surface area contributed by atoms with Crippen LogP contribution in [0.1, 0.15) is 12.5 Å². The van der Waals surface area contributed by atoms with Crippen molar-refractivity contribution in [2.24, 2.45) is 7.05 Å². The van der Waals surface area contributed by atoms with E-state index in [9.17, 15) is 0 Å². The fraction of sp³-hybridized carbons (Fsp3) is 0.222. The van der Waals surface area contributed by atoms with Gasteiger partial charge in [0.05, 0.1) is 11.6 Å². The molecule has 0 fully saturated rings. The number of nitrogens with zero attached hydrogens (tertiary/aromatic N) is 5. The Balaban J connectivity index is 1.71. The maximum absolute atomic E-state index is 4.74. The van der Waals surface area contributed by atoms with Gasteiger partial charge in [0.25, 0.3) is 0 Å². The summed E-state index contributed by atoms with van der Waals surface area (Å²) in [4.78, 5) is 13.6. The number of anilines is 1. The summed E-state index contributed by atoms with van der Waals surface area (Å²) in [6.45, 7) is 2.16. The number of pyridine rings is 1. The number of hydrogen-bond donors (Lipinski definition) is 1. The Morgan fingerprint density at radius 3 is 2.92 bits per heavy atom. The van der Waals surface area contributed by atoms with Crippen LogP contribution in [0.2, 0.25) is 0 Å². The minimum absolute atomic E-state index is 0.245. The van der Waals surface area contributed by atoms with E-state index >= 15 is 0 Å². The molecule has 0 saturated carbocycles. The predicted octanol–water partition coefficient (Wildman–Crippen LogP) is 3.53. The molecule has 0 aliphatic rings. The van der Waals surface area contributed by atoms with Gasteiger partial charge in [-0.05, 0) is 47.9 Å². The average molecular weight is 350 g/mol. The normalized spacial score (nSPS) is 12.4. The molecule has 4 rings (SSSR count). The molecule has 1 atom stereocenters.